The number of amides is 2. The van der Waals surface area contributed by atoms with Crippen molar-refractivity contribution >= 4 is 45.3 Å². The van der Waals surface area contributed by atoms with E-state index < -0.39 is 24.0 Å². The van der Waals surface area contributed by atoms with E-state index in [0.29, 0.717) is 13.1 Å². The van der Waals surface area contributed by atoms with Crippen LogP contribution in [0.1, 0.15) is 30.3 Å². The van der Waals surface area contributed by atoms with Gasteiger partial charge < -0.3 is 29.9 Å². The zero-order valence-corrected chi connectivity index (χ0v) is 23.8. The van der Waals surface area contributed by atoms with Crippen molar-refractivity contribution in [3.8, 4) is 0 Å². The molecule has 0 spiro atoms. The van der Waals surface area contributed by atoms with E-state index >= 15 is 0 Å². The van der Waals surface area contributed by atoms with E-state index in [1.54, 1.807) is 16.7 Å². The number of carbonyl (C=O) groups excluding carboxylic acids is 2. The van der Waals surface area contributed by atoms with E-state index in [-0.39, 0.29) is 18.6 Å². The summed E-state index contributed by atoms with van der Waals surface area (Å²) < 4.78 is 2.15. The number of hydrogen-bond donors (Lipinski definition) is 3. The number of nitrogens with zero attached hydrogens (tertiary/aromatic N) is 5. The van der Waals surface area contributed by atoms with E-state index in [2.05, 4.69) is 14.9 Å². The third-order valence-electron chi connectivity index (χ3n) is 7.55. The van der Waals surface area contributed by atoms with Crippen molar-refractivity contribution in [1.29, 1.82) is 0 Å². The number of benzene rings is 2. The molecular formula is C29H36N6O4S. The highest BCUT2D eigenvalue weighted by atomic mass is 32.2. The van der Waals surface area contributed by atoms with Crippen molar-refractivity contribution in [2.45, 2.75) is 50.6 Å². The standard InChI is InChI=1S/C29H36N6O4S/c1-18-31-22-10-4-5-11-24(22)35(18)16-20-17-40-25(32-20)15-30-28(38)26(36)27(37)29(39)34-13-7-12-23(34)19-8-6-9-21(14-19)33(2)3/h4-6,8-11,14,20,23,26-27,36-37H,7,12-13,15-17H2,1-3H3,(H,30,38)/t20?,23?,26-,27-/m1/s1. The lowest BCUT2D eigenvalue weighted by Crippen LogP contribution is -2.51. The van der Waals surface area contributed by atoms with Crippen LogP contribution in [0.2, 0.25) is 0 Å². The zero-order chi connectivity index (χ0) is 28.4. The molecule has 1 fully saturated rings. The summed E-state index contributed by atoms with van der Waals surface area (Å²) >= 11 is 1.55. The first-order chi connectivity index (χ1) is 19.2. The molecule has 0 saturated carbocycles. The van der Waals surface area contributed by atoms with Crippen molar-refractivity contribution in [2.24, 2.45) is 4.99 Å². The molecule has 2 amide bonds. The first-order valence-electron chi connectivity index (χ1n) is 13.6. The number of aryl methyl sites for hydroxylation is 1. The lowest BCUT2D eigenvalue weighted by atomic mass is 10.0. The van der Waals surface area contributed by atoms with Gasteiger partial charge in [0.25, 0.3) is 11.8 Å². The molecule has 40 heavy (non-hydrogen) atoms. The summed E-state index contributed by atoms with van der Waals surface area (Å²) in [6, 6.07) is 15.7. The monoisotopic (exact) mass is 564 g/mol. The SMILES string of the molecule is Cc1nc2ccccc2n1CC1CSC(CNC(=O)[C@H](O)[C@@H](O)C(=O)N2CCCC2c2cccc(N(C)C)c2)=N1. The van der Waals surface area contributed by atoms with E-state index in [9.17, 15) is 19.8 Å². The van der Waals surface area contributed by atoms with Gasteiger partial charge in [0.15, 0.2) is 12.2 Å². The molecule has 2 aromatic carbocycles. The van der Waals surface area contributed by atoms with Crippen molar-refractivity contribution in [3.63, 3.8) is 0 Å². The Bertz CT molecular complexity index is 1420. The van der Waals surface area contributed by atoms with Gasteiger partial charge in [-0.2, -0.15) is 0 Å². The number of aliphatic imine (C=N–C) groups is 1. The van der Waals surface area contributed by atoms with E-state index in [0.717, 1.165) is 51.7 Å². The molecule has 4 atom stereocenters. The molecule has 11 heteroatoms. The minimum Gasteiger partial charge on any atom is -0.380 e. The maximum Gasteiger partial charge on any atom is 0.255 e. The maximum absolute atomic E-state index is 13.2. The Morgan fingerprint density at radius 3 is 2.75 bits per heavy atom. The molecule has 3 heterocycles. The Kier molecular flexibility index (Phi) is 8.43. The highest BCUT2D eigenvalue weighted by Gasteiger charge is 2.38. The maximum atomic E-state index is 13.2. The van der Waals surface area contributed by atoms with Crippen LogP contribution in [-0.4, -0.2) is 92.7 Å². The number of aliphatic hydroxyl groups is 2. The fraction of sp³-hybridized carbons (Fsp3) is 0.448. The summed E-state index contributed by atoms with van der Waals surface area (Å²) in [5.41, 5.74) is 3.99. The second-order valence-corrected chi connectivity index (χ2v) is 11.6. The van der Waals surface area contributed by atoms with Crippen LogP contribution in [-0.2, 0) is 16.1 Å². The van der Waals surface area contributed by atoms with Gasteiger partial charge in [-0.1, -0.05) is 24.3 Å². The average molecular weight is 565 g/mol. The van der Waals surface area contributed by atoms with Crippen LogP contribution < -0.4 is 10.2 Å². The topological polar surface area (TPSA) is 123 Å². The molecule has 0 radical (unpaired) electrons. The number of likely N-dealkylation sites (tertiary alicyclic amines) is 1. The number of aliphatic hydroxyl groups excluding tert-OH is 2. The first-order valence-corrected chi connectivity index (χ1v) is 14.5. The quantitative estimate of drug-likeness (QED) is 0.364. The average Bonchev–Trinajstić information content (AvgIpc) is 3.70. The lowest BCUT2D eigenvalue weighted by Gasteiger charge is -2.29. The molecule has 1 aromatic heterocycles. The molecule has 3 aromatic rings. The van der Waals surface area contributed by atoms with Crippen LogP contribution in [0.15, 0.2) is 53.5 Å². The van der Waals surface area contributed by atoms with Crippen molar-refractivity contribution in [3.05, 3.63) is 59.9 Å². The van der Waals surface area contributed by atoms with Crippen LogP contribution in [0.25, 0.3) is 11.0 Å². The number of para-hydroxylation sites is 2. The first kappa shape index (κ1) is 28.1. The van der Waals surface area contributed by atoms with Gasteiger partial charge in [-0.3, -0.25) is 14.6 Å². The molecule has 2 unspecified atom stereocenters. The summed E-state index contributed by atoms with van der Waals surface area (Å²) in [5, 5.41) is 24.6. The highest BCUT2D eigenvalue weighted by Crippen LogP contribution is 2.34. The molecule has 10 nitrogen and oxygen atoms in total. The molecule has 212 valence electrons. The summed E-state index contributed by atoms with van der Waals surface area (Å²) in [4.78, 5) is 38.8. The number of anilines is 1. The number of fused-ring (bicyclic) bond motifs is 1. The van der Waals surface area contributed by atoms with Gasteiger partial charge in [-0.05, 0) is 49.6 Å². The van der Waals surface area contributed by atoms with Gasteiger partial charge in [0.1, 0.15) is 5.82 Å². The van der Waals surface area contributed by atoms with Gasteiger partial charge in [-0.25, -0.2) is 4.98 Å². The molecule has 0 bridgehead atoms. The third kappa shape index (κ3) is 5.86. The molecule has 0 aliphatic carbocycles. The summed E-state index contributed by atoms with van der Waals surface area (Å²) in [6.07, 6.45) is -2.18. The van der Waals surface area contributed by atoms with Gasteiger partial charge in [0, 0.05) is 38.6 Å². The van der Waals surface area contributed by atoms with Gasteiger partial charge >= 0.3 is 0 Å². The van der Waals surface area contributed by atoms with Gasteiger partial charge in [0.2, 0.25) is 0 Å². The van der Waals surface area contributed by atoms with E-state index in [1.165, 1.54) is 0 Å². The predicted octanol–water partition coefficient (Wildman–Crippen LogP) is 2.13. The largest absolute Gasteiger partial charge is 0.380 e. The Hall–Kier alpha value is -3.41. The fourth-order valence-electron chi connectivity index (χ4n) is 5.40. The number of carbonyl (C=O) groups is 2. The smallest absolute Gasteiger partial charge is 0.255 e. The minimum absolute atomic E-state index is 0.0309. The predicted molar refractivity (Wildman–Crippen MR) is 158 cm³/mol. The van der Waals surface area contributed by atoms with E-state index in [1.807, 2.05) is 74.4 Å². The van der Waals surface area contributed by atoms with Crippen LogP contribution in [0.4, 0.5) is 5.69 Å². The molecule has 5 rings (SSSR count). The Balaban J connectivity index is 1.16. The minimum atomic E-state index is -1.87. The van der Waals surface area contributed by atoms with Gasteiger partial charge in [0.05, 0.1) is 34.7 Å². The molecule has 2 aliphatic heterocycles. The van der Waals surface area contributed by atoms with Gasteiger partial charge in [-0.15, -0.1) is 11.8 Å². The highest BCUT2D eigenvalue weighted by molar-refractivity contribution is 8.14. The fourth-order valence-corrected chi connectivity index (χ4v) is 6.36. The second kappa shape index (κ2) is 12.0. The van der Waals surface area contributed by atoms with Crippen molar-refractivity contribution < 1.29 is 19.8 Å². The van der Waals surface area contributed by atoms with Crippen LogP contribution in [0.3, 0.4) is 0 Å². The summed E-state index contributed by atoms with van der Waals surface area (Å²) in [7, 11) is 3.90. The Morgan fingerprint density at radius 2 is 1.95 bits per heavy atom. The van der Waals surface area contributed by atoms with Crippen LogP contribution >= 0.6 is 11.8 Å². The van der Waals surface area contributed by atoms with Crippen molar-refractivity contribution in [2.75, 3.05) is 37.8 Å². The van der Waals surface area contributed by atoms with E-state index in [4.69, 9.17) is 4.99 Å². The molecular weight excluding hydrogens is 528 g/mol. The van der Waals surface area contributed by atoms with Crippen LogP contribution in [0, 0.1) is 6.92 Å². The Morgan fingerprint density at radius 1 is 1.15 bits per heavy atom. The Labute approximate surface area is 238 Å². The lowest BCUT2D eigenvalue weighted by molar-refractivity contribution is -0.153. The molecule has 2 aliphatic rings. The number of thioether (sulfide) groups is 1. The molecule has 3 N–H and O–H groups in total. The number of imidazole rings is 1. The number of hydrogen-bond acceptors (Lipinski definition) is 8. The second-order valence-electron chi connectivity index (χ2n) is 10.5. The number of rotatable bonds is 9. The van der Waals surface area contributed by atoms with Crippen LogP contribution in [0.5, 0.6) is 0 Å². The summed E-state index contributed by atoms with van der Waals surface area (Å²) in [6.45, 7) is 3.25. The molecule has 1 saturated heterocycles. The number of nitrogens with one attached hydrogen (secondary N) is 1. The summed E-state index contributed by atoms with van der Waals surface area (Å²) in [5.74, 6) is 0.257. The normalized spacial score (nSPS) is 20.4. The zero-order valence-electron chi connectivity index (χ0n) is 23.0. The number of aromatic nitrogens is 2. The third-order valence-corrected chi connectivity index (χ3v) is 8.68. The van der Waals surface area contributed by atoms with Crippen molar-refractivity contribution in [1.82, 2.24) is 19.8 Å².